The average Bonchev–Trinajstić information content (AvgIpc) is 3.18. The van der Waals surface area contributed by atoms with Gasteiger partial charge in [-0.05, 0) is 43.0 Å². The van der Waals surface area contributed by atoms with E-state index in [2.05, 4.69) is 47.4 Å². The molecule has 0 saturated carbocycles. The van der Waals surface area contributed by atoms with Gasteiger partial charge < -0.3 is 14.8 Å². The summed E-state index contributed by atoms with van der Waals surface area (Å²) < 4.78 is 10.6. The summed E-state index contributed by atoms with van der Waals surface area (Å²) in [5.41, 5.74) is 9.83. The lowest BCUT2D eigenvalue weighted by atomic mass is 10.0. The Hall–Kier alpha value is -2.57. The van der Waals surface area contributed by atoms with Gasteiger partial charge in [0.2, 0.25) is 5.91 Å². The number of carbonyl (C=O) groups is 1. The molecule has 144 valence electrons. The number of ether oxygens (including phenoxy) is 2. The third-order valence-corrected chi connectivity index (χ3v) is 4.86. The van der Waals surface area contributed by atoms with Gasteiger partial charge in [-0.25, -0.2) is 10.9 Å². The highest BCUT2D eigenvalue weighted by atomic mass is 16.5. The minimum absolute atomic E-state index is 0.0117. The van der Waals surface area contributed by atoms with Gasteiger partial charge in [-0.1, -0.05) is 35.9 Å². The van der Waals surface area contributed by atoms with Gasteiger partial charge >= 0.3 is 0 Å². The molecule has 0 aliphatic carbocycles. The van der Waals surface area contributed by atoms with Crippen LogP contribution in [0.2, 0.25) is 0 Å². The predicted octanol–water partition coefficient (Wildman–Crippen LogP) is 2.28. The zero-order chi connectivity index (χ0) is 19.2. The molecule has 1 fully saturated rings. The lowest BCUT2D eigenvalue weighted by Gasteiger charge is -2.12. The Morgan fingerprint density at radius 3 is 2.52 bits per heavy atom. The highest BCUT2D eigenvalue weighted by molar-refractivity contribution is 5.82. The first-order valence-electron chi connectivity index (χ1n) is 9.17. The number of rotatable bonds is 7. The van der Waals surface area contributed by atoms with Crippen molar-refractivity contribution in [2.75, 3.05) is 20.8 Å². The van der Waals surface area contributed by atoms with Crippen molar-refractivity contribution in [2.24, 2.45) is 0 Å². The lowest BCUT2D eigenvalue weighted by molar-refractivity contribution is -0.122. The third kappa shape index (κ3) is 4.78. The van der Waals surface area contributed by atoms with Crippen LogP contribution in [0.4, 0.5) is 0 Å². The third-order valence-electron chi connectivity index (χ3n) is 4.86. The summed E-state index contributed by atoms with van der Waals surface area (Å²) in [6.45, 7) is 2.64. The maximum absolute atomic E-state index is 12.4. The first-order chi connectivity index (χ1) is 13.1. The van der Waals surface area contributed by atoms with Gasteiger partial charge in [-0.2, -0.15) is 0 Å². The van der Waals surface area contributed by atoms with E-state index in [9.17, 15) is 4.79 Å². The largest absolute Gasteiger partial charge is 0.493 e. The number of methoxy groups -OCH3 is 2. The predicted molar refractivity (Wildman–Crippen MR) is 105 cm³/mol. The molecular formula is C21H27N3O3. The van der Waals surface area contributed by atoms with E-state index in [4.69, 9.17) is 9.47 Å². The number of hydrazine groups is 1. The van der Waals surface area contributed by atoms with Crippen LogP contribution in [0.3, 0.4) is 0 Å². The number of nitrogens with one attached hydrogen (secondary N) is 3. The van der Waals surface area contributed by atoms with E-state index < -0.39 is 0 Å². The molecule has 0 spiro atoms. The molecule has 0 aromatic heterocycles. The van der Waals surface area contributed by atoms with E-state index >= 15 is 0 Å². The maximum atomic E-state index is 12.4. The lowest BCUT2D eigenvalue weighted by Crippen LogP contribution is -2.43. The van der Waals surface area contributed by atoms with Crippen LogP contribution in [0.1, 0.15) is 29.2 Å². The van der Waals surface area contributed by atoms with Crippen LogP contribution in [0, 0.1) is 6.92 Å². The van der Waals surface area contributed by atoms with Crippen LogP contribution in [0.15, 0.2) is 42.5 Å². The van der Waals surface area contributed by atoms with Crippen LogP contribution in [-0.4, -0.2) is 32.7 Å². The highest BCUT2D eigenvalue weighted by Crippen LogP contribution is 2.27. The van der Waals surface area contributed by atoms with Crippen LogP contribution in [0.5, 0.6) is 11.5 Å². The second-order valence-corrected chi connectivity index (χ2v) is 6.77. The molecule has 1 saturated heterocycles. The number of aryl methyl sites for hydroxylation is 1. The minimum atomic E-state index is -0.235. The number of benzene rings is 2. The number of carbonyl (C=O) groups excluding carboxylic acids is 1. The summed E-state index contributed by atoms with van der Waals surface area (Å²) in [4.78, 5) is 12.4. The molecule has 1 heterocycles. The van der Waals surface area contributed by atoms with E-state index in [1.807, 2.05) is 18.2 Å². The molecule has 2 atom stereocenters. The zero-order valence-corrected chi connectivity index (χ0v) is 16.0. The SMILES string of the molecule is COc1ccc(CCNC(=O)C2CC(c3ccc(C)cc3)NN2)cc1OC. The van der Waals surface area contributed by atoms with Crippen LogP contribution in [0.25, 0.3) is 0 Å². The first kappa shape index (κ1) is 19.2. The van der Waals surface area contributed by atoms with E-state index in [1.165, 1.54) is 11.1 Å². The van der Waals surface area contributed by atoms with Gasteiger partial charge in [0.05, 0.1) is 14.2 Å². The van der Waals surface area contributed by atoms with Gasteiger partial charge in [0.25, 0.3) is 0 Å². The molecule has 0 bridgehead atoms. The van der Waals surface area contributed by atoms with E-state index in [1.54, 1.807) is 14.2 Å². The smallest absolute Gasteiger partial charge is 0.238 e. The van der Waals surface area contributed by atoms with E-state index in [0.717, 1.165) is 18.4 Å². The zero-order valence-electron chi connectivity index (χ0n) is 16.0. The summed E-state index contributed by atoms with van der Waals surface area (Å²) >= 11 is 0. The van der Waals surface area contributed by atoms with Crippen molar-refractivity contribution in [2.45, 2.75) is 31.8 Å². The van der Waals surface area contributed by atoms with Crippen molar-refractivity contribution in [3.63, 3.8) is 0 Å². The van der Waals surface area contributed by atoms with Crippen LogP contribution < -0.4 is 25.6 Å². The summed E-state index contributed by atoms with van der Waals surface area (Å²) in [6.07, 6.45) is 1.46. The molecule has 2 aromatic carbocycles. The average molecular weight is 369 g/mol. The Balaban J connectivity index is 1.48. The van der Waals surface area contributed by atoms with E-state index in [0.29, 0.717) is 18.0 Å². The second-order valence-electron chi connectivity index (χ2n) is 6.77. The maximum Gasteiger partial charge on any atom is 0.238 e. The second kappa shape index (κ2) is 8.88. The summed E-state index contributed by atoms with van der Waals surface area (Å²) in [5.74, 6) is 1.41. The van der Waals surface area contributed by atoms with Crippen LogP contribution in [-0.2, 0) is 11.2 Å². The van der Waals surface area contributed by atoms with Crippen molar-refractivity contribution >= 4 is 5.91 Å². The van der Waals surface area contributed by atoms with Crippen molar-refractivity contribution < 1.29 is 14.3 Å². The quantitative estimate of drug-likeness (QED) is 0.698. The Kier molecular flexibility index (Phi) is 6.32. The molecule has 6 nitrogen and oxygen atoms in total. The van der Waals surface area contributed by atoms with Crippen molar-refractivity contribution in [3.05, 3.63) is 59.2 Å². The van der Waals surface area contributed by atoms with Gasteiger partial charge in [0.1, 0.15) is 6.04 Å². The highest BCUT2D eigenvalue weighted by Gasteiger charge is 2.29. The van der Waals surface area contributed by atoms with Crippen molar-refractivity contribution in [3.8, 4) is 11.5 Å². The van der Waals surface area contributed by atoms with Crippen molar-refractivity contribution in [1.82, 2.24) is 16.2 Å². The fraction of sp³-hybridized carbons (Fsp3) is 0.381. The Labute approximate surface area is 160 Å². The molecule has 1 amide bonds. The molecule has 0 radical (unpaired) electrons. The van der Waals surface area contributed by atoms with Gasteiger partial charge in [-0.3, -0.25) is 4.79 Å². The standard InChI is InChI=1S/C21H27N3O3/c1-14-4-7-16(8-5-14)17-13-18(24-23-17)21(25)22-11-10-15-6-9-19(26-2)20(12-15)27-3/h4-9,12,17-18,23-24H,10-11,13H2,1-3H3,(H,22,25). The van der Waals surface area contributed by atoms with E-state index in [-0.39, 0.29) is 18.0 Å². The normalized spacial score (nSPS) is 18.9. The van der Waals surface area contributed by atoms with Gasteiger partial charge in [-0.15, -0.1) is 0 Å². The van der Waals surface area contributed by atoms with Crippen LogP contribution >= 0.6 is 0 Å². The monoisotopic (exact) mass is 369 g/mol. The molecule has 2 unspecified atom stereocenters. The number of hydrogen-bond donors (Lipinski definition) is 3. The number of amides is 1. The van der Waals surface area contributed by atoms with Gasteiger partial charge in [0.15, 0.2) is 11.5 Å². The van der Waals surface area contributed by atoms with Gasteiger partial charge in [0, 0.05) is 12.6 Å². The Morgan fingerprint density at radius 2 is 1.81 bits per heavy atom. The molecule has 1 aliphatic rings. The Morgan fingerprint density at radius 1 is 1.07 bits per heavy atom. The fourth-order valence-corrected chi connectivity index (χ4v) is 3.23. The molecule has 3 rings (SSSR count). The molecule has 6 heteroatoms. The topological polar surface area (TPSA) is 71.6 Å². The van der Waals surface area contributed by atoms with Crippen molar-refractivity contribution in [1.29, 1.82) is 0 Å². The summed E-state index contributed by atoms with van der Waals surface area (Å²) in [6, 6.07) is 14.1. The summed E-state index contributed by atoms with van der Waals surface area (Å²) in [7, 11) is 3.23. The number of hydrogen-bond acceptors (Lipinski definition) is 5. The fourth-order valence-electron chi connectivity index (χ4n) is 3.23. The minimum Gasteiger partial charge on any atom is -0.493 e. The summed E-state index contributed by atoms with van der Waals surface area (Å²) in [5, 5.41) is 3.01. The molecule has 2 aromatic rings. The first-order valence-corrected chi connectivity index (χ1v) is 9.17. The molecule has 27 heavy (non-hydrogen) atoms. The molecule has 3 N–H and O–H groups in total. The molecule has 1 aliphatic heterocycles. The molecular weight excluding hydrogens is 342 g/mol. The Bertz CT molecular complexity index is 777.